The van der Waals surface area contributed by atoms with Crippen molar-refractivity contribution < 1.29 is 23.8 Å². The molecule has 2 aromatic carbocycles. The van der Waals surface area contributed by atoms with Crippen LogP contribution >= 0.6 is 23.4 Å². The highest BCUT2D eigenvalue weighted by Crippen LogP contribution is 2.43. The van der Waals surface area contributed by atoms with Gasteiger partial charge in [-0.05, 0) is 70.0 Å². The maximum Gasteiger partial charge on any atom is 0.410 e. The van der Waals surface area contributed by atoms with Crippen molar-refractivity contribution in [1.29, 1.82) is 0 Å². The van der Waals surface area contributed by atoms with Crippen LogP contribution in [0.5, 0.6) is 5.75 Å². The van der Waals surface area contributed by atoms with Crippen LogP contribution < -0.4 is 4.74 Å². The first-order valence-electron chi connectivity index (χ1n) is 10.0. The summed E-state index contributed by atoms with van der Waals surface area (Å²) in [5, 5.41) is 11.9. The number of amides is 1. The summed E-state index contributed by atoms with van der Waals surface area (Å²) in [4.78, 5) is 15.4. The van der Waals surface area contributed by atoms with Gasteiger partial charge in [0, 0.05) is 28.4 Å². The molecule has 0 unspecified atom stereocenters. The largest absolute Gasteiger partial charge is 0.497 e. The Morgan fingerprint density at radius 3 is 2.39 bits per heavy atom. The molecule has 0 aromatic heterocycles. The van der Waals surface area contributed by atoms with Gasteiger partial charge in [0.15, 0.2) is 0 Å². The fourth-order valence-corrected chi connectivity index (χ4v) is 4.73. The number of carbonyl (C=O) groups excluding carboxylic acids is 1. The van der Waals surface area contributed by atoms with Crippen LogP contribution in [0.4, 0.5) is 9.18 Å². The number of piperidine rings is 1. The first-order chi connectivity index (χ1) is 14.5. The van der Waals surface area contributed by atoms with Gasteiger partial charge in [-0.25, -0.2) is 9.18 Å². The molecule has 8 heteroatoms. The maximum atomic E-state index is 14.1. The number of nitrogens with zero attached hydrogens (tertiary/aromatic N) is 1. The summed E-state index contributed by atoms with van der Waals surface area (Å²) in [6, 6.07) is 9.71. The summed E-state index contributed by atoms with van der Waals surface area (Å²) in [6.07, 6.45) is 0.146. The standard InChI is InChI=1S/C23H27ClFNO4S/c1-22(2,3)30-21(27)26-11-9-23(28,10-12-26)17-13-15(25)5-7-19(17)31-20-8-6-16(29-4)14-18(20)24/h5-8,13-14,28H,9-12H2,1-4H3. The number of carbonyl (C=O) groups is 1. The molecule has 1 aliphatic rings. The van der Waals surface area contributed by atoms with Crippen molar-refractivity contribution in [3.8, 4) is 5.75 Å². The number of benzene rings is 2. The Morgan fingerprint density at radius 2 is 1.81 bits per heavy atom. The van der Waals surface area contributed by atoms with Crippen LogP contribution in [0.1, 0.15) is 39.2 Å². The zero-order chi connectivity index (χ0) is 22.8. The first kappa shape index (κ1) is 23.7. The second-order valence-electron chi connectivity index (χ2n) is 8.54. The Balaban J connectivity index is 1.81. The van der Waals surface area contributed by atoms with Gasteiger partial charge in [-0.2, -0.15) is 0 Å². The van der Waals surface area contributed by atoms with E-state index in [0.29, 0.717) is 34.3 Å². The number of rotatable bonds is 4. The lowest BCUT2D eigenvalue weighted by Crippen LogP contribution is -2.47. The van der Waals surface area contributed by atoms with Crippen molar-refractivity contribution in [3.05, 3.63) is 52.8 Å². The minimum Gasteiger partial charge on any atom is -0.497 e. The molecule has 1 fully saturated rings. The lowest BCUT2D eigenvalue weighted by molar-refractivity contribution is -0.0373. The zero-order valence-electron chi connectivity index (χ0n) is 18.1. The third-order valence-electron chi connectivity index (χ3n) is 5.04. The number of methoxy groups -OCH3 is 1. The molecular weight excluding hydrogens is 441 g/mol. The van der Waals surface area contributed by atoms with Crippen molar-refractivity contribution in [2.45, 2.75) is 54.6 Å². The fourth-order valence-electron chi connectivity index (χ4n) is 3.42. The third kappa shape index (κ3) is 5.84. The summed E-state index contributed by atoms with van der Waals surface area (Å²) >= 11 is 7.73. The molecule has 3 rings (SSSR count). The normalized spacial score (nSPS) is 16.2. The van der Waals surface area contributed by atoms with Crippen LogP contribution in [0, 0.1) is 5.82 Å². The highest BCUT2D eigenvalue weighted by Gasteiger charge is 2.38. The lowest BCUT2D eigenvalue weighted by atomic mass is 9.84. The number of likely N-dealkylation sites (tertiary alicyclic amines) is 1. The van der Waals surface area contributed by atoms with E-state index in [-0.39, 0.29) is 12.8 Å². The van der Waals surface area contributed by atoms with E-state index in [4.69, 9.17) is 21.1 Å². The average molecular weight is 468 g/mol. The molecule has 0 radical (unpaired) electrons. The third-order valence-corrected chi connectivity index (χ3v) is 6.62. The van der Waals surface area contributed by atoms with Gasteiger partial charge in [0.2, 0.25) is 0 Å². The van der Waals surface area contributed by atoms with Crippen LogP contribution in [-0.2, 0) is 10.3 Å². The molecule has 1 heterocycles. The first-order valence-corrected chi connectivity index (χ1v) is 11.2. The predicted molar refractivity (Wildman–Crippen MR) is 119 cm³/mol. The van der Waals surface area contributed by atoms with Crippen molar-refractivity contribution in [2.75, 3.05) is 20.2 Å². The van der Waals surface area contributed by atoms with Crippen molar-refractivity contribution >= 4 is 29.5 Å². The molecule has 31 heavy (non-hydrogen) atoms. The smallest absolute Gasteiger partial charge is 0.410 e. The summed E-state index contributed by atoms with van der Waals surface area (Å²) in [5.41, 5.74) is -1.36. The van der Waals surface area contributed by atoms with Crippen LogP contribution in [0.2, 0.25) is 5.02 Å². The van der Waals surface area contributed by atoms with Gasteiger partial charge in [-0.15, -0.1) is 0 Å². The fraction of sp³-hybridized carbons (Fsp3) is 0.435. The minimum atomic E-state index is -1.26. The quantitative estimate of drug-likeness (QED) is 0.610. The van der Waals surface area contributed by atoms with Gasteiger partial charge in [0.1, 0.15) is 17.2 Å². The minimum absolute atomic E-state index is 0.277. The number of ether oxygens (including phenoxy) is 2. The summed E-state index contributed by atoms with van der Waals surface area (Å²) in [7, 11) is 1.57. The van der Waals surface area contributed by atoms with E-state index in [1.165, 1.54) is 23.9 Å². The highest BCUT2D eigenvalue weighted by atomic mass is 35.5. The second kappa shape index (κ2) is 9.27. The van der Waals surface area contributed by atoms with Crippen molar-refractivity contribution in [2.24, 2.45) is 0 Å². The van der Waals surface area contributed by atoms with E-state index in [1.54, 1.807) is 30.2 Å². The molecule has 5 nitrogen and oxygen atoms in total. The van der Waals surface area contributed by atoms with E-state index >= 15 is 0 Å². The summed E-state index contributed by atoms with van der Waals surface area (Å²) in [5.74, 6) is 0.213. The molecule has 0 spiro atoms. The Morgan fingerprint density at radius 1 is 1.16 bits per heavy atom. The molecule has 1 N–H and O–H groups in total. The van der Waals surface area contributed by atoms with E-state index in [9.17, 15) is 14.3 Å². The van der Waals surface area contributed by atoms with Gasteiger partial charge >= 0.3 is 6.09 Å². The number of hydrogen-bond acceptors (Lipinski definition) is 5. The van der Waals surface area contributed by atoms with Crippen LogP contribution in [0.15, 0.2) is 46.2 Å². The van der Waals surface area contributed by atoms with Gasteiger partial charge < -0.3 is 19.5 Å². The molecule has 0 bridgehead atoms. The Kier molecular flexibility index (Phi) is 7.08. The van der Waals surface area contributed by atoms with Gasteiger partial charge in [0.05, 0.1) is 17.7 Å². The SMILES string of the molecule is COc1ccc(Sc2ccc(F)cc2C2(O)CCN(C(=O)OC(C)(C)C)CC2)c(Cl)c1. The second-order valence-corrected chi connectivity index (χ2v) is 10.0. The average Bonchev–Trinajstić information content (AvgIpc) is 2.69. The van der Waals surface area contributed by atoms with E-state index in [0.717, 1.165) is 4.90 Å². The molecular formula is C23H27ClFNO4S. The molecule has 168 valence electrons. The molecule has 0 aliphatic carbocycles. The number of halogens is 2. The van der Waals surface area contributed by atoms with Gasteiger partial charge in [-0.3, -0.25) is 0 Å². The highest BCUT2D eigenvalue weighted by molar-refractivity contribution is 7.99. The van der Waals surface area contributed by atoms with Crippen molar-refractivity contribution in [1.82, 2.24) is 4.90 Å². The van der Waals surface area contributed by atoms with Gasteiger partial charge in [-0.1, -0.05) is 23.4 Å². The monoisotopic (exact) mass is 467 g/mol. The molecule has 1 amide bonds. The van der Waals surface area contributed by atoms with Crippen LogP contribution in [0.3, 0.4) is 0 Å². The van der Waals surface area contributed by atoms with E-state index < -0.39 is 23.1 Å². The summed E-state index contributed by atoms with van der Waals surface area (Å²) < 4.78 is 24.7. The van der Waals surface area contributed by atoms with Crippen molar-refractivity contribution in [3.63, 3.8) is 0 Å². The topological polar surface area (TPSA) is 59.0 Å². The number of hydrogen-bond donors (Lipinski definition) is 1. The predicted octanol–water partition coefficient (Wildman–Crippen LogP) is 5.86. The van der Waals surface area contributed by atoms with Crippen LogP contribution in [0.25, 0.3) is 0 Å². The van der Waals surface area contributed by atoms with Crippen LogP contribution in [-0.4, -0.2) is 41.9 Å². The lowest BCUT2D eigenvalue weighted by Gasteiger charge is -2.39. The Labute approximate surface area is 191 Å². The van der Waals surface area contributed by atoms with E-state index in [2.05, 4.69) is 0 Å². The number of aliphatic hydroxyl groups is 1. The molecule has 1 aliphatic heterocycles. The molecule has 0 saturated carbocycles. The van der Waals surface area contributed by atoms with E-state index in [1.807, 2.05) is 26.8 Å². The molecule has 0 atom stereocenters. The molecule has 2 aromatic rings. The Hall–Kier alpha value is -1.96. The Bertz CT molecular complexity index is 955. The maximum absolute atomic E-state index is 14.1. The zero-order valence-corrected chi connectivity index (χ0v) is 19.6. The summed E-state index contributed by atoms with van der Waals surface area (Å²) in [6.45, 7) is 6.06. The molecule has 1 saturated heterocycles. The van der Waals surface area contributed by atoms with Gasteiger partial charge in [0.25, 0.3) is 0 Å².